The second kappa shape index (κ2) is 4.90. The Bertz CT molecular complexity index is 703. The maximum Gasteiger partial charge on any atom is 0.160 e. The highest BCUT2D eigenvalue weighted by Gasteiger charge is 2.17. The number of fused-ring (bicyclic) bond motifs is 1. The second-order valence-electron chi connectivity index (χ2n) is 4.45. The normalized spacial score (nSPS) is 13.0. The molecule has 19 heavy (non-hydrogen) atoms. The summed E-state index contributed by atoms with van der Waals surface area (Å²) in [5.41, 5.74) is 5.74. The van der Waals surface area contributed by atoms with Crippen LogP contribution in [-0.2, 0) is 6.54 Å². The Morgan fingerprint density at radius 1 is 1.42 bits per heavy atom. The molecule has 0 bridgehead atoms. The summed E-state index contributed by atoms with van der Waals surface area (Å²) >= 11 is 7.83. The standard InChI is InChI=1S/C13H13ClN4S/c1-8-3-4-15-13-11(8)17-12(9(2)14)18(13)5-10-6-19-7-16-10/h3-4,6-7,9H,5H2,1-2H3. The number of hydrogen-bond acceptors (Lipinski definition) is 4. The first-order chi connectivity index (χ1) is 9.16. The number of alkyl halides is 1. The lowest BCUT2D eigenvalue weighted by molar-refractivity contribution is 0.725. The summed E-state index contributed by atoms with van der Waals surface area (Å²) in [6.07, 6.45) is 1.81. The zero-order valence-corrected chi connectivity index (χ0v) is 12.2. The fraction of sp³-hybridized carbons (Fsp3) is 0.308. The van der Waals surface area contributed by atoms with Crippen molar-refractivity contribution >= 4 is 34.1 Å². The Hall–Kier alpha value is -1.46. The van der Waals surface area contributed by atoms with E-state index in [2.05, 4.69) is 19.5 Å². The number of pyridine rings is 1. The molecule has 0 N–H and O–H groups in total. The van der Waals surface area contributed by atoms with E-state index in [0.29, 0.717) is 6.54 Å². The molecule has 3 rings (SSSR count). The SMILES string of the molecule is Cc1ccnc2c1nc(C(C)Cl)n2Cc1cscn1. The van der Waals surface area contributed by atoms with Gasteiger partial charge in [0, 0.05) is 11.6 Å². The van der Waals surface area contributed by atoms with E-state index in [1.54, 1.807) is 17.5 Å². The fourth-order valence-electron chi connectivity index (χ4n) is 2.09. The van der Waals surface area contributed by atoms with Gasteiger partial charge in [0.25, 0.3) is 0 Å². The Morgan fingerprint density at radius 3 is 2.95 bits per heavy atom. The van der Waals surface area contributed by atoms with E-state index in [1.165, 1.54) is 0 Å². The third-order valence-corrected chi connectivity index (χ3v) is 3.86. The van der Waals surface area contributed by atoms with Crippen LogP contribution >= 0.6 is 22.9 Å². The molecular weight excluding hydrogens is 280 g/mol. The first-order valence-electron chi connectivity index (χ1n) is 5.99. The highest BCUT2D eigenvalue weighted by molar-refractivity contribution is 7.07. The van der Waals surface area contributed by atoms with Crippen molar-refractivity contribution in [3.05, 3.63) is 40.2 Å². The highest BCUT2D eigenvalue weighted by atomic mass is 35.5. The summed E-state index contributed by atoms with van der Waals surface area (Å²) in [5.74, 6) is 0.839. The molecule has 3 aromatic heterocycles. The average Bonchev–Trinajstić information content (AvgIpc) is 2.99. The number of nitrogens with zero attached hydrogens (tertiary/aromatic N) is 4. The first-order valence-corrected chi connectivity index (χ1v) is 7.37. The van der Waals surface area contributed by atoms with Crippen LogP contribution in [0.15, 0.2) is 23.2 Å². The van der Waals surface area contributed by atoms with Gasteiger partial charge in [-0.1, -0.05) is 0 Å². The van der Waals surface area contributed by atoms with E-state index < -0.39 is 0 Å². The molecule has 98 valence electrons. The number of aryl methyl sites for hydroxylation is 1. The molecule has 0 radical (unpaired) electrons. The minimum atomic E-state index is -0.160. The number of halogens is 1. The van der Waals surface area contributed by atoms with E-state index in [1.807, 2.05) is 30.8 Å². The number of imidazole rings is 1. The fourth-order valence-corrected chi connectivity index (χ4v) is 2.81. The van der Waals surface area contributed by atoms with Crippen LogP contribution in [0, 0.1) is 6.92 Å². The Kier molecular flexibility index (Phi) is 3.24. The largest absolute Gasteiger partial charge is 0.305 e. The van der Waals surface area contributed by atoms with Crippen LogP contribution in [0.25, 0.3) is 11.2 Å². The summed E-state index contributed by atoms with van der Waals surface area (Å²) in [5, 5.41) is 1.87. The molecule has 0 fully saturated rings. The molecule has 3 heterocycles. The van der Waals surface area contributed by atoms with Gasteiger partial charge in [-0.25, -0.2) is 15.0 Å². The third kappa shape index (κ3) is 2.24. The first kappa shape index (κ1) is 12.6. The molecule has 3 aromatic rings. The molecule has 0 aliphatic heterocycles. The van der Waals surface area contributed by atoms with E-state index >= 15 is 0 Å². The van der Waals surface area contributed by atoms with Crippen LogP contribution in [0.5, 0.6) is 0 Å². The van der Waals surface area contributed by atoms with Crippen molar-refractivity contribution in [1.29, 1.82) is 0 Å². The molecule has 0 spiro atoms. The minimum Gasteiger partial charge on any atom is -0.305 e. The van der Waals surface area contributed by atoms with Crippen molar-refractivity contribution in [2.24, 2.45) is 0 Å². The van der Waals surface area contributed by atoms with Gasteiger partial charge in [-0.05, 0) is 25.5 Å². The number of thiazole rings is 1. The number of hydrogen-bond donors (Lipinski definition) is 0. The Morgan fingerprint density at radius 2 is 2.26 bits per heavy atom. The van der Waals surface area contributed by atoms with Crippen molar-refractivity contribution in [1.82, 2.24) is 19.5 Å². The highest BCUT2D eigenvalue weighted by Crippen LogP contribution is 2.25. The summed E-state index contributed by atoms with van der Waals surface area (Å²) < 4.78 is 2.05. The van der Waals surface area contributed by atoms with Crippen LogP contribution in [0.3, 0.4) is 0 Å². The maximum absolute atomic E-state index is 6.24. The van der Waals surface area contributed by atoms with Crippen molar-refractivity contribution in [2.75, 3.05) is 0 Å². The van der Waals surface area contributed by atoms with Crippen molar-refractivity contribution in [3.8, 4) is 0 Å². The molecule has 0 aliphatic carbocycles. The molecule has 0 saturated heterocycles. The molecule has 1 atom stereocenters. The smallest absolute Gasteiger partial charge is 0.160 e. The molecule has 0 saturated carbocycles. The lowest BCUT2D eigenvalue weighted by Crippen LogP contribution is -2.06. The average molecular weight is 293 g/mol. The Balaban J connectivity index is 2.19. The number of aromatic nitrogens is 4. The molecule has 4 nitrogen and oxygen atoms in total. The summed E-state index contributed by atoms with van der Waals surface area (Å²) in [7, 11) is 0. The van der Waals surface area contributed by atoms with Gasteiger partial charge in [-0.3, -0.25) is 0 Å². The van der Waals surface area contributed by atoms with Gasteiger partial charge in [0.1, 0.15) is 11.3 Å². The van der Waals surface area contributed by atoms with Gasteiger partial charge < -0.3 is 4.57 Å². The van der Waals surface area contributed by atoms with Gasteiger partial charge in [-0.2, -0.15) is 0 Å². The predicted octanol–water partition coefficient (Wildman–Crippen LogP) is 3.54. The predicted molar refractivity (Wildman–Crippen MR) is 77.7 cm³/mol. The zero-order valence-electron chi connectivity index (χ0n) is 10.7. The summed E-state index contributed by atoms with van der Waals surface area (Å²) in [4.78, 5) is 13.4. The summed E-state index contributed by atoms with van der Waals surface area (Å²) in [6.45, 7) is 4.62. The Labute approximate surface area is 120 Å². The van der Waals surface area contributed by atoms with E-state index in [9.17, 15) is 0 Å². The molecule has 0 amide bonds. The van der Waals surface area contributed by atoms with Crippen LogP contribution < -0.4 is 0 Å². The minimum absolute atomic E-state index is 0.160. The molecule has 0 aromatic carbocycles. The van der Waals surface area contributed by atoms with Gasteiger partial charge in [-0.15, -0.1) is 22.9 Å². The lowest BCUT2D eigenvalue weighted by atomic mass is 10.3. The van der Waals surface area contributed by atoms with Crippen LogP contribution in [0.2, 0.25) is 0 Å². The van der Waals surface area contributed by atoms with E-state index in [-0.39, 0.29) is 5.38 Å². The quantitative estimate of drug-likeness (QED) is 0.694. The number of rotatable bonds is 3. The van der Waals surface area contributed by atoms with E-state index in [0.717, 1.165) is 28.2 Å². The van der Waals surface area contributed by atoms with Gasteiger partial charge in [0.15, 0.2) is 5.65 Å². The van der Waals surface area contributed by atoms with Crippen LogP contribution in [0.1, 0.15) is 29.4 Å². The second-order valence-corrected chi connectivity index (χ2v) is 5.83. The maximum atomic E-state index is 6.24. The van der Waals surface area contributed by atoms with Crippen molar-refractivity contribution in [3.63, 3.8) is 0 Å². The van der Waals surface area contributed by atoms with Crippen LogP contribution in [-0.4, -0.2) is 19.5 Å². The molecule has 0 aliphatic rings. The molecule has 6 heteroatoms. The lowest BCUT2D eigenvalue weighted by Gasteiger charge is -2.08. The summed E-state index contributed by atoms with van der Waals surface area (Å²) in [6, 6.07) is 1.96. The van der Waals surface area contributed by atoms with Crippen molar-refractivity contribution < 1.29 is 0 Å². The van der Waals surface area contributed by atoms with Gasteiger partial charge >= 0.3 is 0 Å². The third-order valence-electron chi connectivity index (χ3n) is 3.02. The van der Waals surface area contributed by atoms with E-state index in [4.69, 9.17) is 11.6 Å². The van der Waals surface area contributed by atoms with Gasteiger partial charge in [0.05, 0.1) is 23.1 Å². The van der Waals surface area contributed by atoms with Crippen LogP contribution in [0.4, 0.5) is 0 Å². The van der Waals surface area contributed by atoms with Crippen molar-refractivity contribution in [2.45, 2.75) is 25.8 Å². The molecule has 1 unspecified atom stereocenters. The van der Waals surface area contributed by atoms with Gasteiger partial charge in [0.2, 0.25) is 0 Å². The molecular formula is C13H13ClN4S. The zero-order chi connectivity index (χ0) is 13.4. The topological polar surface area (TPSA) is 43.6 Å². The monoisotopic (exact) mass is 292 g/mol.